The van der Waals surface area contributed by atoms with Crippen molar-refractivity contribution in [1.82, 2.24) is 5.32 Å². The van der Waals surface area contributed by atoms with E-state index in [1.807, 2.05) is 30.3 Å². The van der Waals surface area contributed by atoms with Gasteiger partial charge in [0, 0.05) is 18.5 Å². The van der Waals surface area contributed by atoms with Gasteiger partial charge >= 0.3 is 5.97 Å². The fourth-order valence-electron chi connectivity index (χ4n) is 4.57. The molecule has 0 saturated heterocycles. The molecule has 0 heterocycles. The lowest BCUT2D eigenvalue weighted by Crippen LogP contribution is -2.43. The second-order valence-electron chi connectivity index (χ2n) is 10.2. The molecule has 0 bridgehead atoms. The van der Waals surface area contributed by atoms with Crippen LogP contribution in [0.5, 0.6) is 5.75 Å². The minimum Gasteiger partial charge on any atom is -0.464 e. The van der Waals surface area contributed by atoms with Gasteiger partial charge in [0.05, 0.1) is 17.7 Å². The molecule has 40 heavy (non-hydrogen) atoms. The number of carbonyl (C=O) groups excluding carboxylic acids is 1. The van der Waals surface area contributed by atoms with Gasteiger partial charge in [0.1, 0.15) is 11.8 Å². The highest BCUT2D eigenvalue weighted by Gasteiger charge is 2.19. The third-order valence-electron chi connectivity index (χ3n) is 6.55. The van der Waals surface area contributed by atoms with Crippen LogP contribution in [0, 0.1) is 11.3 Å². The van der Waals surface area contributed by atoms with E-state index in [1.54, 1.807) is 31.2 Å². The molecule has 0 aliphatic rings. The van der Waals surface area contributed by atoms with E-state index in [-0.39, 0.29) is 23.9 Å². The van der Waals surface area contributed by atoms with Crippen molar-refractivity contribution in [2.75, 3.05) is 13.2 Å². The molecule has 2 N–H and O–H groups in total. The van der Waals surface area contributed by atoms with Crippen LogP contribution in [0.3, 0.4) is 0 Å². The van der Waals surface area contributed by atoms with E-state index in [1.165, 1.54) is 16.3 Å². The number of aliphatic hydroxyl groups is 1. The Kier molecular flexibility index (Phi) is 10.7. The average Bonchev–Trinajstić information content (AvgIpc) is 2.93. The number of nitrogens with zero attached hydrogens (tertiary/aromatic N) is 1. The Morgan fingerprint density at radius 1 is 0.975 bits per heavy atom. The number of carbonyl (C=O) groups is 1. The molecule has 0 aromatic heterocycles. The van der Waals surface area contributed by atoms with Crippen LogP contribution in [0.4, 0.5) is 0 Å². The van der Waals surface area contributed by atoms with Gasteiger partial charge < -0.3 is 19.9 Å². The van der Waals surface area contributed by atoms with Crippen LogP contribution in [-0.4, -0.2) is 36.1 Å². The van der Waals surface area contributed by atoms with Crippen molar-refractivity contribution >= 4 is 29.1 Å². The van der Waals surface area contributed by atoms with Crippen LogP contribution in [0.25, 0.3) is 21.9 Å². The molecule has 0 fully saturated rings. The molecule has 4 rings (SSSR count). The first-order valence-electron chi connectivity index (χ1n) is 13.2. The first-order chi connectivity index (χ1) is 18.8. The summed E-state index contributed by atoms with van der Waals surface area (Å²) in [4.78, 5) is 11.9. The number of aliphatic hydroxyl groups excluding tert-OH is 1. The lowest BCUT2D eigenvalue weighted by molar-refractivity contribution is -0.0234. The number of esters is 1. The van der Waals surface area contributed by atoms with Gasteiger partial charge in [-0.05, 0) is 78.9 Å². The Labute approximate surface area is 242 Å². The summed E-state index contributed by atoms with van der Waals surface area (Å²) in [7, 11) is 0. The van der Waals surface area contributed by atoms with Gasteiger partial charge in [-0.3, -0.25) is 0 Å². The summed E-state index contributed by atoms with van der Waals surface area (Å²) in [5, 5.41) is 26.1. The van der Waals surface area contributed by atoms with Crippen molar-refractivity contribution in [3.8, 4) is 22.9 Å². The summed E-state index contributed by atoms with van der Waals surface area (Å²) in [5.41, 5.74) is 3.53. The molecule has 4 aromatic carbocycles. The number of hydrogen-bond donors (Lipinski definition) is 2. The van der Waals surface area contributed by atoms with Gasteiger partial charge in [-0.25, -0.2) is 4.79 Å². The maximum Gasteiger partial charge on any atom is 0.338 e. The van der Waals surface area contributed by atoms with Crippen LogP contribution < -0.4 is 10.1 Å². The molecular formula is C33H35ClN2O4. The van der Waals surface area contributed by atoms with Crippen molar-refractivity contribution in [1.29, 1.82) is 5.26 Å². The van der Waals surface area contributed by atoms with Crippen molar-refractivity contribution in [3.63, 3.8) is 0 Å². The fourth-order valence-corrected chi connectivity index (χ4v) is 4.57. The van der Waals surface area contributed by atoms with Crippen LogP contribution >= 0.6 is 12.4 Å². The average molecular weight is 559 g/mol. The molecule has 208 valence electrons. The largest absolute Gasteiger partial charge is 0.464 e. The molecule has 0 amide bonds. The maximum atomic E-state index is 11.9. The number of rotatable bonds is 11. The predicted molar refractivity (Wildman–Crippen MR) is 161 cm³/mol. The number of fused-ring (bicyclic) bond motifs is 1. The Balaban J connectivity index is 0.00000441. The first-order valence-corrected chi connectivity index (χ1v) is 13.2. The monoisotopic (exact) mass is 558 g/mol. The zero-order chi connectivity index (χ0) is 27.8. The van der Waals surface area contributed by atoms with Gasteiger partial charge in [-0.2, -0.15) is 5.26 Å². The highest BCUT2D eigenvalue weighted by Crippen LogP contribution is 2.28. The van der Waals surface area contributed by atoms with Crippen molar-refractivity contribution in [2.24, 2.45) is 0 Å². The summed E-state index contributed by atoms with van der Waals surface area (Å²) >= 11 is 0. The molecule has 6 nitrogen and oxygen atoms in total. The summed E-state index contributed by atoms with van der Waals surface area (Å²) in [6.45, 7) is 6.90. The lowest BCUT2D eigenvalue weighted by Gasteiger charge is -2.27. The molecule has 0 radical (unpaired) electrons. The SMILES string of the molecule is CCOC(=O)c1ccc(-c2ccc(C#N)c(OC(O)CCNC(C)(C)Cc3ccc4ccccc4c3)c2)cc1.Cl. The van der Waals surface area contributed by atoms with Gasteiger partial charge in [0.25, 0.3) is 0 Å². The Morgan fingerprint density at radius 3 is 2.38 bits per heavy atom. The Hall–Kier alpha value is -3.89. The minimum atomic E-state index is -1.08. The predicted octanol–water partition coefficient (Wildman–Crippen LogP) is 6.68. The number of halogens is 1. The van der Waals surface area contributed by atoms with Crippen LogP contribution in [0.1, 0.15) is 48.7 Å². The van der Waals surface area contributed by atoms with E-state index in [4.69, 9.17) is 9.47 Å². The normalized spacial score (nSPS) is 11.8. The minimum absolute atomic E-state index is 0. The highest BCUT2D eigenvalue weighted by molar-refractivity contribution is 5.90. The number of nitrogens with one attached hydrogen (secondary N) is 1. The van der Waals surface area contributed by atoms with Crippen molar-refractivity contribution < 1.29 is 19.4 Å². The van der Waals surface area contributed by atoms with E-state index in [0.717, 1.165) is 17.5 Å². The third kappa shape index (κ3) is 8.06. The number of hydrogen-bond acceptors (Lipinski definition) is 6. The Bertz CT molecular complexity index is 1480. The van der Waals surface area contributed by atoms with Crippen LogP contribution in [0.15, 0.2) is 84.9 Å². The van der Waals surface area contributed by atoms with Crippen molar-refractivity contribution in [3.05, 3.63) is 102 Å². The topological polar surface area (TPSA) is 91.6 Å². The zero-order valence-electron chi connectivity index (χ0n) is 23.0. The molecule has 7 heteroatoms. The van der Waals surface area contributed by atoms with E-state index in [2.05, 4.69) is 55.6 Å². The highest BCUT2D eigenvalue weighted by atomic mass is 35.5. The summed E-state index contributed by atoms with van der Waals surface area (Å²) in [6, 6.07) is 29.2. The standard InChI is InChI=1S/C33H34N2O4.ClH/c1-4-38-32(37)26-13-11-25(12-14-26)28-15-16-29(22-34)30(20-28)39-31(36)17-18-35-33(2,3)21-23-9-10-24-7-5-6-8-27(24)19-23;/h5-16,19-20,31,35-36H,4,17-18,21H2,1-3H3;1H. The van der Waals surface area contributed by atoms with E-state index >= 15 is 0 Å². The molecular weight excluding hydrogens is 524 g/mol. The van der Waals surface area contributed by atoms with E-state index < -0.39 is 6.29 Å². The molecule has 0 aliphatic heterocycles. The van der Waals surface area contributed by atoms with Crippen LogP contribution in [-0.2, 0) is 11.2 Å². The molecule has 1 atom stereocenters. The van der Waals surface area contributed by atoms with E-state index in [0.29, 0.717) is 36.4 Å². The second-order valence-corrected chi connectivity index (χ2v) is 10.2. The van der Waals surface area contributed by atoms with Gasteiger partial charge in [-0.1, -0.05) is 60.7 Å². The molecule has 0 aliphatic carbocycles. The Morgan fingerprint density at radius 2 is 1.68 bits per heavy atom. The smallest absolute Gasteiger partial charge is 0.338 e. The van der Waals surface area contributed by atoms with Gasteiger partial charge in [0.15, 0.2) is 6.29 Å². The van der Waals surface area contributed by atoms with Crippen LogP contribution in [0.2, 0.25) is 0 Å². The maximum absolute atomic E-state index is 11.9. The zero-order valence-corrected chi connectivity index (χ0v) is 23.8. The number of nitriles is 1. The summed E-state index contributed by atoms with van der Waals surface area (Å²) < 4.78 is 10.8. The summed E-state index contributed by atoms with van der Waals surface area (Å²) in [5.74, 6) is -0.0579. The fraction of sp³-hybridized carbons (Fsp3) is 0.273. The molecule has 0 saturated carbocycles. The molecule has 0 spiro atoms. The molecule has 4 aromatic rings. The summed E-state index contributed by atoms with van der Waals surface area (Å²) in [6.07, 6.45) is 0.108. The lowest BCUT2D eigenvalue weighted by atomic mass is 9.93. The van der Waals surface area contributed by atoms with Gasteiger partial charge in [-0.15, -0.1) is 12.4 Å². The second kappa shape index (κ2) is 14.0. The quantitative estimate of drug-likeness (QED) is 0.158. The van der Waals surface area contributed by atoms with Crippen molar-refractivity contribution in [2.45, 2.75) is 45.4 Å². The molecule has 1 unspecified atom stereocenters. The number of benzene rings is 4. The number of ether oxygens (including phenoxy) is 2. The van der Waals surface area contributed by atoms with E-state index in [9.17, 15) is 15.2 Å². The third-order valence-corrected chi connectivity index (χ3v) is 6.55. The van der Waals surface area contributed by atoms with Gasteiger partial charge in [0.2, 0.25) is 0 Å². The first kappa shape index (κ1) is 30.6.